The molecular formula is C13H13NO2. The van der Waals surface area contributed by atoms with Crippen molar-refractivity contribution in [3.05, 3.63) is 41.6 Å². The molecule has 0 aliphatic rings. The van der Waals surface area contributed by atoms with Crippen molar-refractivity contribution in [1.29, 1.82) is 0 Å². The van der Waals surface area contributed by atoms with E-state index >= 15 is 0 Å². The molecule has 82 valence electrons. The Hall–Kier alpha value is -1.90. The summed E-state index contributed by atoms with van der Waals surface area (Å²) in [7, 11) is 0. The first-order valence-corrected chi connectivity index (χ1v) is 5.15. The molecule has 0 unspecified atom stereocenters. The number of fused-ring (bicyclic) bond motifs is 1. The van der Waals surface area contributed by atoms with E-state index < -0.39 is 0 Å². The van der Waals surface area contributed by atoms with E-state index in [0.717, 1.165) is 22.2 Å². The van der Waals surface area contributed by atoms with Crippen molar-refractivity contribution >= 4 is 16.9 Å². The predicted octanol–water partition coefficient (Wildman–Crippen LogP) is 2.61. The second-order valence-electron chi connectivity index (χ2n) is 3.73. The zero-order valence-corrected chi connectivity index (χ0v) is 9.36. The molecule has 0 saturated heterocycles. The molecule has 0 aliphatic heterocycles. The van der Waals surface area contributed by atoms with Gasteiger partial charge in [0.15, 0.2) is 0 Å². The van der Waals surface area contributed by atoms with E-state index in [-0.39, 0.29) is 12.6 Å². The topological polar surface area (TPSA) is 39.2 Å². The Balaban J connectivity index is 2.38. The van der Waals surface area contributed by atoms with E-state index in [0.29, 0.717) is 0 Å². The van der Waals surface area contributed by atoms with Gasteiger partial charge >= 0.3 is 5.97 Å². The second-order valence-corrected chi connectivity index (χ2v) is 3.73. The van der Waals surface area contributed by atoms with Crippen LogP contribution in [0.2, 0.25) is 0 Å². The fourth-order valence-electron chi connectivity index (χ4n) is 1.67. The van der Waals surface area contributed by atoms with E-state index in [4.69, 9.17) is 4.74 Å². The number of carbonyl (C=O) groups is 1. The smallest absolute Gasteiger partial charge is 0.303 e. The summed E-state index contributed by atoms with van der Waals surface area (Å²) in [5.74, 6) is -0.285. The molecule has 3 nitrogen and oxygen atoms in total. The molecule has 0 bridgehead atoms. The minimum Gasteiger partial charge on any atom is -0.459 e. The highest BCUT2D eigenvalue weighted by Crippen LogP contribution is 2.17. The zero-order chi connectivity index (χ0) is 11.5. The molecule has 0 amide bonds. The Labute approximate surface area is 94.1 Å². The van der Waals surface area contributed by atoms with Crippen molar-refractivity contribution in [3.63, 3.8) is 0 Å². The molecule has 2 rings (SSSR count). The Morgan fingerprint density at radius 1 is 1.38 bits per heavy atom. The molecule has 0 spiro atoms. The summed E-state index contributed by atoms with van der Waals surface area (Å²) >= 11 is 0. The molecular weight excluding hydrogens is 202 g/mol. The number of hydrogen-bond acceptors (Lipinski definition) is 3. The van der Waals surface area contributed by atoms with Crippen molar-refractivity contribution in [2.45, 2.75) is 20.5 Å². The van der Waals surface area contributed by atoms with Crippen LogP contribution < -0.4 is 0 Å². The van der Waals surface area contributed by atoms with Gasteiger partial charge in [0.05, 0.1) is 11.2 Å². The van der Waals surface area contributed by atoms with Crippen LogP contribution in [0.4, 0.5) is 0 Å². The Bertz CT molecular complexity index is 534. The van der Waals surface area contributed by atoms with E-state index in [1.165, 1.54) is 6.92 Å². The first-order chi connectivity index (χ1) is 7.66. The van der Waals surface area contributed by atoms with Crippen molar-refractivity contribution in [2.24, 2.45) is 0 Å². The first kappa shape index (κ1) is 10.6. The van der Waals surface area contributed by atoms with Crippen LogP contribution in [0.15, 0.2) is 30.3 Å². The van der Waals surface area contributed by atoms with Crippen molar-refractivity contribution in [2.75, 3.05) is 0 Å². The second kappa shape index (κ2) is 4.31. The van der Waals surface area contributed by atoms with Crippen LogP contribution in [0.1, 0.15) is 18.2 Å². The number of benzene rings is 1. The third-order valence-corrected chi connectivity index (χ3v) is 2.40. The van der Waals surface area contributed by atoms with E-state index in [1.807, 2.05) is 37.3 Å². The van der Waals surface area contributed by atoms with Gasteiger partial charge in [0, 0.05) is 12.3 Å². The summed E-state index contributed by atoms with van der Waals surface area (Å²) in [5, 5.41) is 1.13. The number of aromatic nitrogens is 1. The summed E-state index contributed by atoms with van der Waals surface area (Å²) in [6, 6.07) is 9.88. The highest BCUT2D eigenvalue weighted by molar-refractivity contribution is 5.82. The van der Waals surface area contributed by atoms with E-state index in [9.17, 15) is 4.79 Å². The summed E-state index contributed by atoms with van der Waals surface area (Å²) in [6.45, 7) is 3.66. The average molecular weight is 215 g/mol. The Morgan fingerprint density at radius 2 is 2.12 bits per heavy atom. The van der Waals surface area contributed by atoms with Crippen LogP contribution >= 0.6 is 0 Å². The maximum absolute atomic E-state index is 10.7. The molecule has 0 saturated carbocycles. The SMILES string of the molecule is CC(=O)OCc1cc(C)c2ccccc2n1. The van der Waals surface area contributed by atoms with Gasteiger partial charge in [-0.05, 0) is 24.6 Å². The number of esters is 1. The normalized spacial score (nSPS) is 10.4. The average Bonchev–Trinajstić information content (AvgIpc) is 2.26. The van der Waals surface area contributed by atoms with Gasteiger partial charge in [-0.2, -0.15) is 0 Å². The molecule has 0 N–H and O–H groups in total. The summed E-state index contributed by atoms with van der Waals surface area (Å²) in [4.78, 5) is 15.1. The van der Waals surface area contributed by atoms with Crippen LogP contribution in [-0.2, 0) is 16.1 Å². The summed E-state index contributed by atoms with van der Waals surface area (Å²) in [6.07, 6.45) is 0. The number of ether oxygens (including phenoxy) is 1. The first-order valence-electron chi connectivity index (χ1n) is 5.15. The fourth-order valence-corrected chi connectivity index (χ4v) is 1.67. The van der Waals surface area contributed by atoms with E-state index in [2.05, 4.69) is 4.98 Å². The van der Waals surface area contributed by atoms with Gasteiger partial charge in [0.1, 0.15) is 6.61 Å². The maximum atomic E-state index is 10.7. The number of nitrogens with zero attached hydrogens (tertiary/aromatic N) is 1. The number of rotatable bonds is 2. The van der Waals surface area contributed by atoms with Crippen LogP contribution in [0, 0.1) is 6.92 Å². The standard InChI is InChI=1S/C13H13NO2/c1-9-7-11(8-16-10(2)15)14-13-6-4-3-5-12(9)13/h3-7H,8H2,1-2H3. The van der Waals surface area contributed by atoms with Crippen LogP contribution in [0.5, 0.6) is 0 Å². The lowest BCUT2D eigenvalue weighted by Crippen LogP contribution is -2.01. The minimum absolute atomic E-state index is 0.237. The zero-order valence-electron chi connectivity index (χ0n) is 9.36. The Kier molecular flexibility index (Phi) is 2.86. The Morgan fingerprint density at radius 3 is 2.88 bits per heavy atom. The van der Waals surface area contributed by atoms with Crippen molar-refractivity contribution in [3.8, 4) is 0 Å². The number of aryl methyl sites for hydroxylation is 1. The molecule has 0 atom stereocenters. The highest BCUT2D eigenvalue weighted by Gasteiger charge is 2.03. The predicted molar refractivity (Wildman–Crippen MR) is 62.0 cm³/mol. The van der Waals surface area contributed by atoms with Crippen molar-refractivity contribution < 1.29 is 9.53 Å². The molecule has 0 aliphatic carbocycles. The molecule has 0 radical (unpaired) electrons. The van der Waals surface area contributed by atoms with Crippen LogP contribution in [0.25, 0.3) is 10.9 Å². The molecule has 1 aromatic heterocycles. The van der Waals surface area contributed by atoms with Crippen molar-refractivity contribution in [1.82, 2.24) is 4.98 Å². The largest absolute Gasteiger partial charge is 0.459 e. The third-order valence-electron chi connectivity index (χ3n) is 2.40. The van der Waals surface area contributed by atoms with Gasteiger partial charge in [-0.1, -0.05) is 18.2 Å². The molecule has 0 fully saturated rings. The summed E-state index contributed by atoms with van der Waals surface area (Å²) in [5.41, 5.74) is 2.86. The van der Waals surface area contributed by atoms with Gasteiger partial charge in [-0.25, -0.2) is 4.98 Å². The number of pyridine rings is 1. The fraction of sp³-hybridized carbons (Fsp3) is 0.231. The van der Waals surface area contributed by atoms with E-state index in [1.54, 1.807) is 0 Å². The summed E-state index contributed by atoms with van der Waals surface area (Å²) < 4.78 is 4.93. The maximum Gasteiger partial charge on any atom is 0.303 e. The van der Waals surface area contributed by atoms with Gasteiger partial charge < -0.3 is 4.74 Å². The number of hydrogen-bond donors (Lipinski definition) is 0. The number of para-hydroxylation sites is 1. The van der Waals surface area contributed by atoms with Gasteiger partial charge in [0.25, 0.3) is 0 Å². The van der Waals surface area contributed by atoms with Gasteiger partial charge in [0.2, 0.25) is 0 Å². The highest BCUT2D eigenvalue weighted by atomic mass is 16.5. The molecule has 3 heteroatoms. The lowest BCUT2D eigenvalue weighted by atomic mass is 10.1. The lowest BCUT2D eigenvalue weighted by Gasteiger charge is -2.06. The molecule has 1 heterocycles. The molecule has 2 aromatic rings. The van der Waals surface area contributed by atoms with Gasteiger partial charge in [-0.3, -0.25) is 4.79 Å². The van der Waals surface area contributed by atoms with Gasteiger partial charge in [-0.15, -0.1) is 0 Å². The quantitative estimate of drug-likeness (QED) is 0.723. The van der Waals surface area contributed by atoms with Crippen LogP contribution in [0.3, 0.4) is 0 Å². The van der Waals surface area contributed by atoms with Crippen LogP contribution in [-0.4, -0.2) is 11.0 Å². The third kappa shape index (κ3) is 2.19. The minimum atomic E-state index is -0.285. The number of carbonyl (C=O) groups excluding carboxylic acids is 1. The molecule has 16 heavy (non-hydrogen) atoms. The lowest BCUT2D eigenvalue weighted by molar-refractivity contribution is -0.142. The monoisotopic (exact) mass is 215 g/mol. The molecule has 1 aromatic carbocycles.